The average Bonchev–Trinajstić information content (AvgIpc) is 3.26. The van der Waals surface area contributed by atoms with Crippen LogP contribution >= 0.6 is 23.1 Å². The summed E-state index contributed by atoms with van der Waals surface area (Å²) >= 11 is 2.73. The standard InChI is InChI=1S/C19H17N5O2S2/c1-11-3-5-13(6-4-11)19-24(15(25)10-27-19)23-17(26)16-12(2)22-18(28-16)14-9-20-7-8-21-14/h3-9,19H,10H2,1-2H3,(H,23,26). The number of aromatic nitrogens is 3. The molecule has 1 aromatic carbocycles. The number of thiazole rings is 1. The molecule has 2 aromatic heterocycles. The summed E-state index contributed by atoms with van der Waals surface area (Å²) in [5.74, 6) is -0.149. The molecule has 0 spiro atoms. The van der Waals surface area contributed by atoms with Gasteiger partial charge in [-0.1, -0.05) is 29.8 Å². The zero-order valence-electron chi connectivity index (χ0n) is 15.2. The van der Waals surface area contributed by atoms with Crippen LogP contribution in [0.5, 0.6) is 0 Å². The summed E-state index contributed by atoms with van der Waals surface area (Å²) in [5, 5.41) is 1.79. The topological polar surface area (TPSA) is 88.1 Å². The Hall–Kier alpha value is -2.78. The van der Waals surface area contributed by atoms with Crippen molar-refractivity contribution in [2.75, 3.05) is 5.75 Å². The van der Waals surface area contributed by atoms with Crippen LogP contribution in [0, 0.1) is 13.8 Å². The van der Waals surface area contributed by atoms with E-state index in [4.69, 9.17) is 0 Å². The Balaban J connectivity index is 1.56. The molecule has 2 amide bonds. The molecule has 0 saturated carbocycles. The quantitative estimate of drug-likeness (QED) is 0.710. The second-order valence-electron chi connectivity index (χ2n) is 6.30. The maximum Gasteiger partial charge on any atom is 0.281 e. The molecule has 1 unspecified atom stereocenters. The molecule has 3 aromatic rings. The van der Waals surface area contributed by atoms with Crippen LogP contribution in [0.3, 0.4) is 0 Å². The van der Waals surface area contributed by atoms with Crippen molar-refractivity contribution < 1.29 is 9.59 Å². The number of nitrogens with one attached hydrogen (secondary N) is 1. The van der Waals surface area contributed by atoms with E-state index in [1.165, 1.54) is 28.1 Å². The van der Waals surface area contributed by atoms with E-state index in [0.717, 1.165) is 11.1 Å². The Bertz CT molecular complexity index is 1020. The maximum absolute atomic E-state index is 12.9. The Morgan fingerprint density at radius 3 is 2.71 bits per heavy atom. The van der Waals surface area contributed by atoms with Gasteiger partial charge in [-0.2, -0.15) is 0 Å². The minimum Gasteiger partial charge on any atom is -0.272 e. The molecular weight excluding hydrogens is 394 g/mol. The van der Waals surface area contributed by atoms with Crippen molar-refractivity contribution in [3.8, 4) is 10.7 Å². The first-order valence-electron chi connectivity index (χ1n) is 8.58. The van der Waals surface area contributed by atoms with Gasteiger partial charge in [0.15, 0.2) is 0 Å². The number of carbonyl (C=O) groups is 2. The molecule has 1 N–H and O–H groups in total. The second-order valence-corrected chi connectivity index (χ2v) is 8.37. The van der Waals surface area contributed by atoms with Crippen LogP contribution in [-0.2, 0) is 4.79 Å². The Labute approximate surface area is 170 Å². The van der Waals surface area contributed by atoms with Gasteiger partial charge in [-0.15, -0.1) is 23.1 Å². The van der Waals surface area contributed by atoms with Gasteiger partial charge in [0.1, 0.15) is 21.0 Å². The molecule has 142 valence electrons. The van der Waals surface area contributed by atoms with E-state index in [2.05, 4.69) is 20.4 Å². The number of hydrazine groups is 1. The molecule has 3 heterocycles. The SMILES string of the molecule is Cc1ccc(C2SCC(=O)N2NC(=O)c2sc(-c3cnccn3)nc2C)cc1. The number of carbonyl (C=O) groups excluding carboxylic acids is 2. The summed E-state index contributed by atoms with van der Waals surface area (Å²) in [7, 11) is 0. The highest BCUT2D eigenvalue weighted by atomic mass is 32.2. The predicted octanol–water partition coefficient (Wildman–Crippen LogP) is 3.14. The molecule has 9 heteroatoms. The Morgan fingerprint density at radius 2 is 2.00 bits per heavy atom. The molecule has 0 radical (unpaired) electrons. The van der Waals surface area contributed by atoms with Crippen molar-refractivity contribution >= 4 is 34.9 Å². The monoisotopic (exact) mass is 411 g/mol. The number of thioether (sulfide) groups is 1. The number of aryl methyl sites for hydroxylation is 2. The lowest BCUT2D eigenvalue weighted by atomic mass is 10.1. The molecule has 1 saturated heterocycles. The number of hydrogen-bond acceptors (Lipinski definition) is 7. The van der Waals surface area contributed by atoms with Crippen LogP contribution in [0.15, 0.2) is 42.9 Å². The van der Waals surface area contributed by atoms with E-state index < -0.39 is 0 Å². The fraction of sp³-hybridized carbons (Fsp3) is 0.211. The third-order valence-corrected chi connectivity index (χ3v) is 6.63. The zero-order valence-corrected chi connectivity index (χ0v) is 16.9. The lowest BCUT2D eigenvalue weighted by molar-refractivity contribution is -0.130. The third-order valence-electron chi connectivity index (χ3n) is 4.24. The van der Waals surface area contributed by atoms with E-state index in [9.17, 15) is 9.59 Å². The first-order chi connectivity index (χ1) is 13.5. The van der Waals surface area contributed by atoms with Crippen molar-refractivity contribution in [1.82, 2.24) is 25.4 Å². The normalized spacial score (nSPS) is 16.4. The first kappa shape index (κ1) is 18.6. The van der Waals surface area contributed by atoms with Crippen LogP contribution in [0.4, 0.5) is 0 Å². The predicted molar refractivity (Wildman–Crippen MR) is 109 cm³/mol. The van der Waals surface area contributed by atoms with Crippen LogP contribution in [0.1, 0.15) is 31.9 Å². The molecule has 1 atom stereocenters. The van der Waals surface area contributed by atoms with Gasteiger partial charge in [-0.3, -0.25) is 25.0 Å². The van der Waals surface area contributed by atoms with Gasteiger partial charge < -0.3 is 0 Å². The van der Waals surface area contributed by atoms with Gasteiger partial charge in [0.25, 0.3) is 11.8 Å². The maximum atomic E-state index is 12.9. The van der Waals surface area contributed by atoms with E-state index >= 15 is 0 Å². The van der Waals surface area contributed by atoms with Gasteiger partial charge in [-0.05, 0) is 19.4 Å². The highest BCUT2D eigenvalue weighted by molar-refractivity contribution is 8.00. The summed E-state index contributed by atoms with van der Waals surface area (Å²) in [6, 6.07) is 7.96. The molecule has 28 heavy (non-hydrogen) atoms. The van der Waals surface area contributed by atoms with Crippen molar-refractivity contribution in [3.63, 3.8) is 0 Å². The third kappa shape index (κ3) is 3.63. The first-order valence-corrected chi connectivity index (χ1v) is 10.4. The number of hydrogen-bond donors (Lipinski definition) is 1. The van der Waals surface area contributed by atoms with E-state index in [1.807, 2.05) is 31.2 Å². The average molecular weight is 412 g/mol. The fourth-order valence-corrected chi connectivity index (χ4v) is 4.83. The van der Waals surface area contributed by atoms with Gasteiger partial charge in [-0.25, -0.2) is 9.99 Å². The highest BCUT2D eigenvalue weighted by Crippen LogP contribution is 2.37. The Kier molecular flexibility index (Phi) is 5.10. The highest BCUT2D eigenvalue weighted by Gasteiger charge is 2.35. The molecule has 0 bridgehead atoms. The molecule has 4 rings (SSSR count). The van der Waals surface area contributed by atoms with Crippen LogP contribution in [0.2, 0.25) is 0 Å². The number of rotatable bonds is 4. The molecule has 1 aliphatic heterocycles. The molecular formula is C19H17N5O2S2. The minimum absolute atomic E-state index is 0.125. The van der Waals surface area contributed by atoms with Gasteiger partial charge in [0.05, 0.1) is 17.6 Å². The summed E-state index contributed by atoms with van der Waals surface area (Å²) in [6.45, 7) is 3.78. The second kappa shape index (κ2) is 7.69. The van der Waals surface area contributed by atoms with Crippen LogP contribution in [-0.4, -0.2) is 37.5 Å². The fourth-order valence-electron chi connectivity index (χ4n) is 2.81. The van der Waals surface area contributed by atoms with Gasteiger partial charge in [0, 0.05) is 12.4 Å². The van der Waals surface area contributed by atoms with Crippen molar-refractivity contribution in [1.29, 1.82) is 0 Å². The minimum atomic E-state index is -0.349. The summed E-state index contributed by atoms with van der Waals surface area (Å²) in [4.78, 5) is 38.4. The summed E-state index contributed by atoms with van der Waals surface area (Å²) in [6.07, 6.45) is 4.77. The Morgan fingerprint density at radius 1 is 1.21 bits per heavy atom. The van der Waals surface area contributed by atoms with Gasteiger partial charge >= 0.3 is 0 Å². The number of amides is 2. The molecule has 1 aliphatic rings. The van der Waals surface area contributed by atoms with E-state index in [0.29, 0.717) is 27.0 Å². The van der Waals surface area contributed by atoms with E-state index in [-0.39, 0.29) is 17.2 Å². The summed E-state index contributed by atoms with van der Waals surface area (Å²) in [5.41, 5.74) is 6.09. The smallest absolute Gasteiger partial charge is 0.272 e. The van der Waals surface area contributed by atoms with Crippen LogP contribution < -0.4 is 5.43 Å². The van der Waals surface area contributed by atoms with Crippen molar-refractivity contribution in [2.24, 2.45) is 0 Å². The van der Waals surface area contributed by atoms with E-state index in [1.54, 1.807) is 25.5 Å². The molecule has 7 nitrogen and oxygen atoms in total. The van der Waals surface area contributed by atoms with Crippen LogP contribution in [0.25, 0.3) is 10.7 Å². The van der Waals surface area contributed by atoms with Crippen molar-refractivity contribution in [2.45, 2.75) is 19.2 Å². The van der Waals surface area contributed by atoms with Gasteiger partial charge in [0.2, 0.25) is 0 Å². The zero-order chi connectivity index (χ0) is 19.7. The largest absolute Gasteiger partial charge is 0.281 e. The van der Waals surface area contributed by atoms with Crippen molar-refractivity contribution in [3.05, 3.63) is 64.6 Å². The number of benzene rings is 1. The lowest BCUT2D eigenvalue weighted by Gasteiger charge is -2.24. The summed E-state index contributed by atoms with van der Waals surface area (Å²) < 4.78 is 0. The lowest BCUT2D eigenvalue weighted by Crippen LogP contribution is -2.44. The molecule has 1 fully saturated rings. The molecule has 0 aliphatic carbocycles. The number of nitrogens with zero attached hydrogens (tertiary/aromatic N) is 4.